The molecule has 0 aliphatic heterocycles. The fourth-order valence-corrected chi connectivity index (χ4v) is 2.40. The van der Waals surface area contributed by atoms with Crippen LogP contribution in [0.15, 0.2) is 24.5 Å². The summed E-state index contributed by atoms with van der Waals surface area (Å²) < 4.78 is 1.73. The van der Waals surface area contributed by atoms with Gasteiger partial charge in [0.05, 0.1) is 11.6 Å². The van der Waals surface area contributed by atoms with Crippen molar-refractivity contribution in [3.8, 4) is 0 Å². The van der Waals surface area contributed by atoms with Crippen LogP contribution in [0.1, 0.15) is 27.2 Å². The maximum Gasteiger partial charge on any atom is 0.157 e. The molecule has 98 valence electrons. The lowest BCUT2D eigenvalue weighted by atomic mass is 9.90. The average molecular weight is 267 g/mol. The van der Waals surface area contributed by atoms with Gasteiger partial charge in [0.25, 0.3) is 0 Å². The van der Waals surface area contributed by atoms with E-state index in [1.54, 1.807) is 10.7 Å². The molecule has 0 radical (unpaired) electrons. The number of alkyl halides is 1. The zero-order valence-electron chi connectivity index (χ0n) is 11.0. The number of hydrogen-bond donors (Lipinski definition) is 1. The Hall–Kier alpha value is -1.29. The smallest absolute Gasteiger partial charge is 0.157 e. The molecule has 0 fully saturated rings. The lowest BCUT2D eigenvalue weighted by Gasteiger charge is -2.22. The van der Waals surface area contributed by atoms with Gasteiger partial charge >= 0.3 is 0 Å². The van der Waals surface area contributed by atoms with Crippen molar-refractivity contribution in [1.82, 2.24) is 14.6 Å². The van der Waals surface area contributed by atoms with Gasteiger partial charge in [0.1, 0.15) is 5.82 Å². The predicted molar refractivity (Wildman–Crippen MR) is 75.2 cm³/mol. The van der Waals surface area contributed by atoms with E-state index in [2.05, 4.69) is 36.2 Å². The van der Waals surface area contributed by atoms with Gasteiger partial charge in [-0.3, -0.25) is 0 Å². The summed E-state index contributed by atoms with van der Waals surface area (Å²) >= 11 is 6.30. The van der Waals surface area contributed by atoms with Crippen LogP contribution in [0.25, 0.3) is 5.65 Å². The molecular weight excluding hydrogens is 248 g/mol. The van der Waals surface area contributed by atoms with Gasteiger partial charge < -0.3 is 5.32 Å². The molecule has 0 aliphatic rings. The van der Waals surface area contributed by atoms with E-state index in [0.29, 0.717) is 0 Å². The number of hydrogen-bond acceptors (Lipinski definition) is 3. The van der Waals surface area contributed by atoms with Gasteiger partial charge in [0, 0.05) is 18.8 Å². The maximum atomic E-state index is 6.30. The topological polar surface area (TPSA) is 42.2 Å². The second kappa shape index (κ2) is 5.14. The van der Waals surface area contributed by atoms with Crippen molar-refractivity contribution in [2.24, 2.45) is 5.41 Å². The molecule has 0 saturated carbocycles. The lowest BCUT2D eigenvalue weighted by Crippen LogP contribution is -2.21. The number of halogens is 1. The van der Waals surface area contributed by atoms with E-state index in [1.165, 1.54) is 0 Å². The fourth-order valence-electron chi connectivity index (χ4n) is 1.86. The molecule has 0 bridgehead atoms. The molecule has 5 heteroatoms. The molecule has 2 rings (SSSR count). The predicted octanol–water partition coefficient (Wildman–Crippen LogP) is 3.18. The number of anilines is 1. The monoisotopic (exact) mass is 266 g/mol. The van der Waals surface area contributed by atoms with Gasteiger partial charge in [-0.2, -0.15) is 5.10 Å². The van der Waals surface area contributed by atoms with Gasteiger partial charge in [-0.25, -0.2) is 9.50 Å². The normalized spacial score (nSPS) is 13.8. The van der Waals surface area contributed by atoms with E-state index < -0.39 is 0 Å². The third kappa shape index (κ3) is 3.60. The van der Waals surface area contributed by atoms with E-state index in [-0.39, 0.29) is 10.8 Å². The van der Waals surface area contributed by atoms with Gasteiger partial charge in [0.15, 0.2) is 5.65 Å². The maximum absolute atomic E-state index is 6.30. The summed E-state index contributed by atoms with van der Waals surface area (Å²) in [4.78, 5) is 4.43. The zero-order valence-corrected chi connectivity index (χ0v) is 11.8. The number of fused-ring (bicyclic) bond motifs is 1. The Balaban J connectivity index is 1.93. The Morgan fingerprint density at radius 1 is 1.39 bits per heavy atom. The summed E-state index contributed by atoms with van der Waals surface area (Å²) in [6.07, 6.45) is 4.59. The first-order valence-electron chi connectivity index (χ1n) is 6.12. The Labute approximate surface area is 112 Å². The van der Waals surface area contributed by atoms with Crippen molar-refractivity contribution < 1.29 is 0 Å². The van der Waals surface area contributed by atoms with Crippen molar-refractivity contribution in [2.75, 3.05) is 11.9 Å². The molecule has 2 heterocycles. The molecule has 1 unspecified atom stereocenters. The van der Waals surface area contributed by atoms with Crippen molar-refractivity contribution in [1.29, 1.82) is 0 Å². The first-order chi connectivity index (χ1) is 8.44. The number of rotatable bonds is 4. The van der Waals surface area contributed by atoms with Gasteiger partial charge in [0.2, 0.25) is 0 Å². The van der Waals surface area contributed by atoms with E-state index in [1.807, 2.05) is 18.3 Å². The molecule has 0 aliphatic carbocycles. The van der Waals surface area contributed by atoms with Crippen LogP contribution in [0, 0.1) is 5.41 Å². The largest absolute Gasteiger partial charge is 0.368 e. The highest BCUT2D eigenvalue weighted by Crippen LogP contribution is 2.23. The SMILES string of the molecule is CC(C)(C)CC(Cl)CNc1ccn2nccc2n1. The molecule has 0 spiro atoms. The second-order valence-electron chi connectivity index (χ2n) is 5.69. The number of aromatic nitrogens is 3. The summed E-state index contributed by atoms with van der Waals surface area (Å²) in [5, 5.41) is 7.47. The lowest BCUT2D eigenvalue weighted by molar-refractivity contribution is 0.373. The van der Waals surface area contributed by atoms with Crippen LogP contribution in [-0.2, 0) is 0 Å². The average Bonchev–Trinajstić information content (AvgIpc) is 2.71. The minimum Gasteiger partial charge on any atom is -0.368 e. The summed E-state index contributed by atoms with van der Waals surface area (Å²) in [5.74, 6) is 0.836. The van der Waals surface area contributed by atoms with Crippen molar-refractivity contribution in [3.05, 3.63) is 24.5 Å². The minimum absolute atomic E-state index is 0.105. The van der Waals surface area contributed by atoms with Crippen LogP contribution in [0.4, 0.5) is 5.82 Å². The standard InChI is InChI=1S/C13H19ClN4/c1-13(2,3)8-10(14)9-15-11-5-7-18-12(17-11)4-6-16-18/h4-7,10H,8-9H2,1-3H3,(H,15,17). The molecule has 0 aromatic carbocycles. The van der Waals surface area contributed by atoms with Crippen molar-refractivity contribution in [2.45, 2.75) is 32.6 Å². The van der Waals surface area contributed by atoms with Crippen molar-refractivity contribution >= 4 is 23.1 Å². The summed E-state index contributed by atoms with van der Waals surface area (Å²) in [6.45, 7) is 7.30. The summed E-state index contributed by atoms with van der Waals surface area (Å²) in [6, 6.07) is 3.78. The van der Waals surface area contributed by atoms with Crippen LogP contribution < -0.4 is 5.32 Å². The first kappa shape index (κ1) is 13.1. The highest BCUT2D eigenvalue weighted by Gasteiger charge is 2.16. The van der Waals surface area contributed by atoms with Crippen LogP contribution in [0.5, 0.6) is 0 Å². The van der Waals surface area contributed by atoms with E-state index in [9.17, 15) is 0 Å². The molecule has 0 saturated heterocycles. The Bertz CT molecular complexity index is 515. The number of nitrogens with zero attached hydrogens (tertiary/aromatic N) is 3. The number of nitrogens with one attached hydrogen (secondary N) is 1. The first-order valence-corrected chi connectivity index (χ1v) is 6.56. The summed E-state index contributed by atoms with van der Waals surface area (Å²) in [5.41, 5.74) is 1.08. The van der Waals surface area contributed by atoms with Gasteiger partial charge in [-0.15, -0.1) is 11.6 Å². The molecule has 0 amide bonds. The molecule has 2 aromatic rings. The minimum atomic E-state index is 0.105. The highest BCUT2D eigenvalue weighted by molar-refractivity contribution is 6.20. The third-order valence-electron chi connectivity index (χ3n) is 2.60. The van der Waals surface area contributed by atoms with Gasteiger partial charge in [-0.1, -0.05) is 20.8 Å². The fraction of sp³-hybridized carbons (Fsp3) is 0.538. The zero-order chi connectivity index (χ0) is 13.2. The second-order valence-corrected chi connectivity index (χ2v) is 6.31. The van der Waals surface area contributed by atoms with Crippen LogP contribution >= 0.6 is 11.6 Å². The Kier molecular flexibility index (Phi) is 3.76. The van der Waals surface area contributed by atoms with E-state index in [0.717, 1.165) is 24.4 Å². The van der Waals surface area contributed by atoms with Crippen LogP contribution in [0.2, 0.25) is 0 Å². The molecule has 1 atom stereocenters. The molecular formula is C13H19ClN4. The third-order valence-corrected chi connectivity index (χ3v) is 2.91. The summed E-state index contributed by atoms with van der Waals surface area (Å²) in [7, 11) is 0. The Morgan fingerprint density at radius 3 is 2.89 bits per heavy atom. The quantitative estimate of drug-likeness (QED) is 0.865. The van der Waals surface area contributed by atoms with Crippen LogP contribution in [0.3, 0.4) is 0 Å². The molecule has 4 nitrogen and oxygen atoms in total. The van der Waals surface area contributed by atoms with E-state index >= 15 is 0 Å². The van der Waals surface area contributed by atoms with E-state index in [4.69, 9.17) is 11.6 Å². The van der Waals surface area contributed by atoms with Crippen molar-refractivity contribution in [3.63, 3.8) is 0 Å². The van der Waals surface area contributed by atoms with Crippen LogP contribution in [-0.4, -0.2) is 26.5 Å². The Morgan fingerprint density at radius 2 is 2.17 bits per heavy atom. The molecule has 1 N–H and O–H groups in total. The molecule has 18 heavy (non-hydrogen) atoms. The van der Waals surface area contributed by atoms with Gasteiger partial charge in [-0.05, 0) is 17.9 Å². The molecule has 2 aromatic heterocycles. The highest BCUT2D eigenvalue weighted by atomic mass is 35.5.